The summed E-state index contributed by atoms with van der Waals surface area (Å²) in [7, 11) is -3.32. The van der Waals surface area contributed by atoms with Crippen LogP contribution in [0, 0.1) is 0 Å². The maximum atomic E-state index is 11.2. The summed E-state index contributed by atoms with van der Waals surface area (Å²) in [5.41, 5.74) is 0. The largest absolute Gasteiger partial charge is 0.481 e. The molecule has 1 amide bonds. The van der Waals surface area contributed by atoms with Gasteiger partial charge in [0.25, 0.3) is 0 Å². The summed E-state index contributed by atoms with van der Waals surface area (Å²) in [5.74, 6) is -4.09. The fraction of sp³-hybridized carbons (Fsp3) is 0.625. The highest BCUT2D eigenvalue weighted by Crippen LogP contribution is 1.95. The third-order valence-electron chi connectivity index (χ3n) is 1.71. The van der Waals surface area contributed by atoms with Gasteiger partial charge in [-0.25, -0.2) is 13.2 Å². The van der Waals surface area contributed by atoms with Gasteiger partial charge in [-0.1, -0.05) is 0 Å². The van der Waals surface area contributed by atoms with Crippen LogP contribution >= 0.6 is 0 Å². The van der Waals surface area contributed by atoms with Crippen molar-refractivity contribution < 1.29 is 33.0 Å². The molecule has 0 fully saturated rings. The van der Waals surface area contributed by atoms with Crippen LogP contribution < -0.4 is 5.32 Å². The van der Waals surface area contributed by atoms with Crippen molar-refractivity contribution in [3.8, 4) is 0 Å². The van der Waals surface area contributed by atoms with E-state index in [0.717, 1.165) is 6.26 Å². The lowest BCUT2D eigenvalue weighted by Crippen LogP contribution is -2.42. The van der Waals surface area contributed by atoms with Crippen molar-refractivity contribution in [1.29, 1.82) is 0 Å². The van der Waals surface area contributed by atoms with Gasteiger partial charge in [0.05, 0.1) is 12.2 Å². The van der Waals surface area contributed by atoms with Gasteiger partial charge in [0.2, 0.25) is 5.91 Å². The van der Waals surface area contributed by atoms with Crippen LogP contribution in [0.25, 0.3) is 0 Å². The van der Waals surface area contributed by atoms with E-state index in [0.29, 0.717) is 0 Å². The molecule has 0 aliphatic rings. The summed E-state index contributed by atoms with van der Waals surface area (Å²) in [5, 5.41) is 18.9. The van der Waals surface area contributed by atoms with Gasteiger partial charge < -0.3 is 15.5 Å². The summed E-state index contributed by atoms with van der Waals surface area (Å²) in [6, 6.07) is -1.56. The third-order valence-corrected chi connectivity index (χ3v) is 2.66. The number of carbonyl (C=O) groups is 3. The van der Waals surface area contributed by atoms with Crippen molar-refractivity contribution in [1.82, 2.24) is 5.32 Å². The standard InChI is InChI=1S/C8H13NO7S/c1-17(15,16)3-2-6(10)9-5(8(13)14)4-7(11)12/h5H,2-4H2,1H3,(H,9,10)(H,11,12)(H,13,14). The second-order valence-corrected chi connectivity index (χ2v) is 5.70. The average molecular weight is 267 g/mol. The van der Waals surface area contributed by atoms with Gasteiger partial charge in [0.1, 0.15) is 15.9 Å². The van der Waals surface area contributed by atoms with E-state index in [9.17, 15) is 22.8 Å². The number of hydrogen-bond donors (Lipinski definition) is 3. The lowest BCUT2D eigenvalue weighted by Gasteiger charge is -2.11. The minimum absolute atomic E-state index is 0.401. The fourth-order valence-corrected chi connectivity index (χ4v) is 1.48. The minimum atomic E-state index is -3.32. The molecule has 0 aromatic heterocycles. The van der Waals surface area contributed by atoms with Crippen molar-refractivity contribution in [2.24, 2.45) is 0 Å². The number of carbonyl (C=O) groups excluding carboxylic acids is 1. The first-order valence-corrected chi connectivity index (χ1v) is 6.59. The predicted octanol–water partition coefficient (Wildman–Crippen LogP) is -1.53. The first-order valence-electron chi connectivity index (χ1n) is 4.53. The predicted molar refractivity (Wildman–Crippen MR) is 56.1 cm³/mol. The Balaban J connectivity index is 4.32. The molecular weight excluding hydrogens is 254 g/mol. The molecule has 17 heavy (non-hydrogen) atoms. The van der Waals surface area contributed by atoms with Crippen molar-refractivity contribution >= 4 is 27.7 Å². The lowest BCUT2D eigenvalue weighted by molar-refractivity contribution is -0.147. The molecule has 9 heteroatoms. The molecule has 1 unspecified atom stereocenters. The van der Waals surface area contributed by atoms with E-state index in [1.807, 2.05) is 5.32 Å². The quantitative estimate of drug-likeness (QED) is 0.508. The first kappa shape index (κ1) is 15.4. The molecule has 0 radical (unpaired) electrons. The van der Waals surface area contributed by atoms with Gasteiger partial charge in [0.15, 0.2) is 0 Å². The maximum absolute atomic E-state index is 11.2. The number of rotatable bonds is 7. The van der Waals surface area contributed by atoms with Crippen LogP contribution in [-0.4, -0.2) is 54.5 Å². The van der Waals surface area contributed by atoms with Crippen molar-refractivity contribution in [2.75, 3.05) is 12.0 Å². The summed E-state index contributed by atoms with van der Waals surface area (Å²) in [4.78, 5) is 32.0. The van der Waals surface area contributed by atoms with Gasteiger partial charge in [0, 0.05) is 12.7 Å². The Kier molecular flexibility index (Phi) is 5.59. The van der Waals surface area contributed by atoms with Gasteiger partial charge in [-0.15, -0.1) is 0 Å². The monoisotopic (exact) mass is 267 g/mol. The van der Waals surface area contributed by atoms with E-state index in [1.54, 1.807) is 0 Å². The molecule has 0 aromatic rings. The molecule has 98 valence electrons. The molecule has 0 saturated heterocycles. The van der Waals surface area contributed by atoms with Crippen LogP contribution in [0.1, 0.15) is 12.8 Å². The van der Waals surface area contributed by atoms with Crippen LogP contribution in [-0.2, 0) is 24.2 Å². The summed E-state index contributed by atoms with van der Waals surface area (Å²) >= 11 is 0. The molecule has 0 aromatic carbocycles. The Morgan fingerprint density at radius 3 is 2.12 bits per heavy atom. The van der Waals surface area contributed by atoms with Crippen molar-refractivity contribution in [3.63, 3.8) is 0 Å². The van der Waals surface area contributed by atoms with Gasteiger partial charge in [-0.05, 0) is 0 Å². The second kappa shape index (κ2) is 6.18. The molecule has 8 nitrogen and oxygen atoms in total. The molecule has 0 rings (SSSR count). The number of sulfone groups is 1. The molecule has 0 spiro atoms. The number of amides is 1. The molecule has 0 saturated carbocycles. The zero-order valence-electron chi connectivity index (χ0n) is 9.04. The average Bonchev–Trinajstić information content (AvgIpc) is 2.11. The Labute approximate surface area is 97.5 Å². The van der Waals surface area contributed by atoms with E-state index in [2.05, 4.69) is 0 Å². The number of nitrogens with one attached hydrogen (secondary N) is 1. The summed E-state index contributed by atoms with van der Waals surface area (Å²) in [6.45, 7) is 0. The third kappa shape index (κ3) is 8.20. The maximum Gasteiger partial charge on any atom is 0.326 e. The van der Waals surface area contributed by atoms with Crippen molar-refractivity contribution in [2.45, 2.75) is 18.9 Å². The highest BCUT2D eigenvalue weighted by Gasteiger charge is 2.23. The van der Waals surface area contributed by atoms with Crippen LogP contribution in [0.4, 0.5) is 0 Å². The van der Waals surface area contributed by atoms with Gasteiger partial charge in [-0.2, -0.15) is 0 Å². The molecular formula is C8H13NO7S. The summed E-state index contributed by atoms with van der Waals surface area (Å²) in [6.07, 6.45) is -0.228. The Hall–Kier alpha value is -1.64. The van der Waals surface area contributed by atoms with Crippen LogP contribution in [0.5, 0.6) is 0 Å². The number of aliphatic carboxylic acids is 2. The van der Waals surface area contributed by atoms with E-state index in [1.165, 1.54) is 0 Å². The SMILES string of the molecule is CS(=O)(=O)CCC(=O)NC(CC(=O)O)C(=O)O. The zero-order chi connectivity index (χ0) is 13.6. The molecule has 0 aliphatic heterocycles. The zero-order valence-corrected chi connectivity index (χ0v) is 9.86. The van der Waals surface area contributed by atoms with Crippen LogP contribution in [0.2, 0.25) is 0 Å². The molecule has 0 bridgehead atoms. The number of carboxylic acids is 2. The topological polar surface area (TPSA) is 138 Å². The van der Waals surface area contributed by atoms with Crippen LogP contribution in [0.3, 0.4) is 0 Å². The molecule has 0 heterocycles. The second-order valence-electron chi connectivity index (χ2n) is 3.44. The van der Waals surface area contributed by atoms with E-state index in [4.69, 9.17) is 10.2 Å². The molecule has 0 aliphatic carbocycles. The molecule has 1 atom stereocenters. The highest BCUT2D eigenvalue weighted by atomic mass is 32.2. The Bertz CT molecular complexity index is 414. The number of hydrogen-bond acceptors (Lipinski definition) is 5. The number of carboxylic acid groups (broad SMARTS) is 2. The Morgan fingerprint density at radius 2 is 1.76 bits per heavy atom. The smallest absolute Gasteiger partial charge is 0.326 e. The Morgan fingerprint density at radius 1 is 1.24 bits per heavy atom. The molecule has 3 N–H and O–H groups in total. The normalized spacial score (nSPS) is 12.8. The van der Waals surface area contributed by atoms with Crippen molar-refractivity contribution in [3.05, 3.63) is 0 Å². The van der Waals surface area contributed by atoms with E-state index < -0.39 is 52.3 Å². The van der Waals surface area contributed by atoms with Crippen LogP contribution in [0.15, 0.2) is 0 Å². The summed E-state index contributed by atoms with van der Waals surface area (Å²) < 4.78 is 21.5. The van der Waals surface area contributed by atoms with Gasteiger partial charge >= 0.3 is 11.9 Å². The van der Waals surface area contributed by atoms with Gasteiger partial charge in [-0.3, -0.25) is 9.59 Å². The van der Waals surface area contributed by atoms with E-state index in [-0.39, 0.29) is 0 Å². The minimum Gasteiger partial charge on any atom is -0.481 e. The lowest BCUT2D eigenvalue weighted by atomic mass is 10.2. The first-order chi connectivity index (χ1) is 7.61. The highest BCUT2D eigenvalue weighted by molar-refractivity contribution is 7.90. The van der Waals surface area contributed by atoms with E-state index >= 15 is 0 Å². The fourth-order valence-electron chi connectivity index (χ4n) is 0.919.